The first-order valence-corrected chi connectivity index (χ1v) is 8.32. The van der Waals surface area contributed by atoms with Gasteiger partial charge < -0.3 is 4.74 Å². The lowest BCUT2D eigenvalue weighted by atomic mass is 10.1. The average Bonchev–Trinajstić information content (AvgIpc) is 2.42. The maximum atomic E-state index is 6.29. The van der Waals surface area contributed by atoms with Crippen LogP contribution >= 0.6 is 45.8 Å². The SMILES string of the molecule is COc1cccc(Cl)c1-c1nc(Cl)c(I)c(CC(C)C)n1. The topological polar surface area (TPSA) is 35.0 Å². The first kappa shape index (κ1) is 16.8. The molecule has 2 rings (SSSR count). The van der Waals surface area contributed by atoms with Crippen molar-refractivity contribution in [3.63, 3.8) is 0 Å². The van der Waals surface area contributed by atoms with Gasteiger partial charge in [-0.1, -0.05) is 43.1 Å². The van der Waals surface area contributed by atoms with E-state index in [0.717, 1.165) is 15.7 Å². The van der Waals surface area contributed by atoms with E-state index in [1.165, 1.54) is 0 Å². The normalized spacial score (nSPS) is 11.0. The number of halogens is 3. The van der Waals surface area contributed by atoms with Crippen molar-refractivity contribution < 1.29 is 4.74 Å². The smallest absolute Gasteiger partial charge is 0.166 e. The van der Waals surface area contributed by atoms with E-state index >= 15 is 0 Å². The molecule has 1 aromatic heterocycles. The summed E-state index contributed by atoms with van der Waals surface area (Å²) in [5.41, 5.74) is 1.60. The molecule has 0 bridgehead atoms. The standard InChI is InChI=1S/C15H15Cl2IN2O/c1-8(2)7-10-13(18)14(17)20-15(19-10)12-9(16)5-4-6-11(12)21-3/h4-6,8H,7H2,1-3H3. The maximum absolute atomic E-state index is 6.29. The number of ether oxygens (including phenoxy) is 1. The van der Waals surface area contributed by atoms with Gasteiger partial charge in [0, 0.05) is 0 Å². The van der Waals surface area contributed by atoms with Crippen molar-refractivity contribution in [3.05, 3.63) is 37.6 Å². The summed E-state index contributed by atoms with van der Waals surface area (Å²) >= 11 is 14.7. The third-order valence-electron chi connectivity index (χ3n) is 2.90. The minimum atomic E-state index is 0.443. The van der Waals surface area contributed by atoms with Gasteiger partial charge in [-0.15, -0.1) is 0 Å². The van der Waals surface area contributed by atoms with Crippen LogP contribution in [0.1, 0.15) is 19.5 Å². The number of hydrogen-bond donors (Lipinski definition) is 0. The number of rotatable bonds is 4. The molecule has 0 N–H and O–H groups in total. The zero-order chi connectivity index (χ0) is 15.6. The Morgan fingerprint density at radius 3 is 2.57 bits per heavy atom. The monoisotopic (exact) mass is 436 g/mol. The van der Waals surface area contributed by atoms with E-state index in [-0.39, 0.29) is 0 Å². The fourth-order valence-electron chi connectivity index (χ4n) is 1.99. The molecule has 21 heavy (non-hydrogen) atoms. The van der Waals surface area contributed by atoms with E-state index in [9.17, 15) is 0 Å². The van der Waals surface area contributed by atoms with E-state index in [2.05, 4.69) is 46.4 Å². The molecule has 0 fully saturated rings. The molecule has 0 saturated carbocycles. The summed E-state index contributed by atoms with van der Waals surface area (Å²) in [6.07, 6.45) is 0.834. The Hall–Kier alpha value is -0.590. The zero-order valence-corrected chi connectivity index (χ0v) is 15.6. The Balaban J connectivity index is 2.62. The molecule has 0 saturated heterocycles. The Morgan fingerprint density at radius 2 is 1.95 bits per heavy atom. The maximum Gasteiger partial charge on any atom is 0.166 e. The van der Waals surface area contributed by atoms with Crippen LogP contribution in [-0.4, -0.2) is 17.1 Å². The predicted octanol–water partition coefficient (Wildman–Crippen LogP) is 5.26. The quantitative estimate of drug-likeness (QED) is 0.484. The molecular weight excluding hydrogens is 422 g/mol. The van der Waals surface area contributed by atoms with Crippen LogP contribution in [0.25, 0.3) is 11.4 Å². The highest BCUT2D eigenvalue weighted by molar-refractivity contribution is 14.1. The second kappa shape index (κ2) is 7.11. The number of benzene rings is 1. The molecule has 112 valence electrons. The van der Waals surface area contributed by atoms with E-state index < -0.39 is 0 Å². The van der Waals surface area contributed by atoms with Gasteiger partial charge in [-0.2, -0.15) is 0 Å². The van der Waals surface area contributed by atoms with E-state index in [4.69, 9.17) is 27.9 Å². The highest BCUT2D eigenvalue weighted by atomic mass is 127. The van der Waals surface area contributed by atoms with Gasteiger partial charge in [0.15, 0.2) is 5.82 Å². The Kier molecular flexibility index (Phi) is 5.68. The Morgan fingerprint density at radius 1 is 1.24 bits per heavy atom. The molecule has 0 radical (unpaired) electrons. The fraction of sp³-hybridized carbons (Fsp3) is 0.333. The largest absolute Gasteiger partial charge is 0.496 e. The highest BCUT2D eigenvalue weighted by Gasteiger charge is 2.18. The van der Waals surface area contributed by atoms with Gasteiger partial charge in [0.1, 0.15) is 10.9 Å². The first-order chi connectivity index (χ1) is 9.93. The molecule has 1 heterocycles. The minimum absolute atomic E-state index is 0.443. The van der Waals surface area contributed by atoms with Crippen LogP contribution in [0.3, 0.4) is 0 Å². The first-order valence-electron chi connectivity index (χ1n) is 6.48. The summed E-state index contributed by atoms with van der Waals surface area (Å²) in [5.74, 6) is 1.61. The van der Waals surface area contributed by atoms with Crippen LogP contribution in [0, 0.1) is 9.49 Å². The van der Waals surface area contributed by atoms with Gasteiger partial charge in [-0.25, -0.2) is 9.97 Å². The van der Waals surface area contributed by atoms with Crippen LogP contribution in [0.4, 0.5) is 0 Å². The zero-order valence-electron chi connectivity index (χ0n) is 12.0. The molecule has 0 aliphatic heterocycles. The molecular formula is C15H15Cl2IN2O. The molecule has 6 heteroatoms. The molecule has 0 aliphatic carbocycles. The summed E-state index contributed by atoms with van der Waals surface area (Å²) < 4.78 is 6.25. The van der Waals surface area contributed by atoms with Crippen LogP contribution in [0.5, 0.6) is 5.75 Å². The molecule has 0 aliphatic rings. The van der Waals surface area contributed by atoms with E-state index in [1.807, 2.05) is 12.1 Å². The van der Waals surface area contributed by atoms with E-state index in [1.54, 1.807) is 13.2 Å². The molecule has 0 atom stereocenters. The van der Waals surface area contributed by atoms with Crippen molar-refractivity contribution >= 4 is 45.8 Å². The summed E-state index contributed by atoms with van der Waals surface area (Å²) in [6.45, 7) is 4.28. The molecule has 0 amide bonds. The molecule has 1 aromatic carbocycles. The van der Waals surface area contributed by atoms with Crippen molar-refractivity contribution in [2.24, 2.45) is 5.92 Å². The average molecular weight is 437 g/mol. The number of hydrogen-bond acceptors (Lipinski definition) is 3. The third kappa shape index (κ3) is 3.79. The second-order valence-electron chi connectivity index (χ2n) is 5.01. The van der Waals surface area contributed by atoms with Gasteiger partial charge in [0.25, 0.3) is 0 Å². The number of methoxy groups -OCH3 is 1. The number of nitrogens with zero attached hydrogens (tertiary/aromatic N) is 2. The lowest BCUT2D eigenvalue weighted by molar-refractivity contribution is 0.416. The summed E-state index contributed by atoms with van der Waals surface area (Å²) in [6, 6.07) is 5.45. The lowest BCUT2D eigenvalue weighted by Crippen LogP contribution is -2.05. The van der Waals surface area contributed by atoms with E-state index in [0.29, 0.717) is 33.2 Å². The fourth-order valence-corrected chi connectivity index (χ4v) is 2.89. The Bertz CT molecular complexity index is 662. The Labute approximate surface area is 148 Å². The van der Waals surface area contributed by atoms with Gasteiger partial charge in [0.05, 0.1) is 27.0 Å². The molecule has 3 nitrogen and oxygen atoms in total. The summed E-state index contributed by atoms with van der Waals surface area (Å²) in [5, 5.41) is 0.986. The van der Waals surface area contributed by atoms with Gasteiger partial charge in [0.2, 0.25) is 0 Å². The van der Waals surface area contributed by atoms with Gasteiger partial charge in [-0.3, -0.25) is 0 Å². The van der Waals surface area contributed by atoms with Crippen LogP contribution < -0.4 is 4.74 Å². The third-order valence-corrected chi connectivity index (χ3v) is 4.94. The van der Waals surface area contributed by atoms with Crippen LogP contribution in [-0.2, 0) is 6.42 Å². The summed E-state index contributed by atoms with van der Waals surface area (Å²) in [7, 11) is 1.60. The van der Waals surface area contributed by atoms with Crippen molar-refractivity contribution in [3.8, 4) is 17.1 Å². The molecule has 0 spiro atoms. The predicted molar refractivity (Wildman–Crippen MR) is 95.3 cm³/mol. The van der Waals surface area contributed by atoms with Crippen molar-refractivity contribution in [1.29, 1.82) is 0 Å². The number of aromatic nitrogens is 2. The van der Waals surface area contributed by atoms with Crippen molar-refractivity contribution in [2.75, 3.05) is 7.11 Å². The highest BCUT2D eigenvalue weighted by Crippen LogP contribution is 2.36. The van der Waals surface area contributed by atoms with Crippen molar-refractivity contribution in [1.82, 2.24) is 9.97 Å². The van der Waals surface area contributed by atoms with Gasteiger partial charge >= 0.3 is 0 Å². The molecule has 2 aromatic rings. The lowest BCUT2D eigenvalue weighted by Gasteiger charge is -2.13. The summed E-state index contributed by atoms with van der Waals surface area (Å²) in [4.78, 5) is 9.01. The van der Waals surface area contributed by atoms with Crippen molar-refractivity contribution in [2.45, 2.75) is 20.3 Å². The van der Waals surface area contributed by atoms with Crippen LogP contribution in [0.2, 0.25) is 10.2 Å². The van der Waals surface area contributed by atoms with Gasteiger partial charge in [-0.05, 0) is 47.1 Å². The van der Waals surface area contributed by atoms with Crippen LogP contribution in [0.15, 0.2) is 18.2 Å². The second-order valence-corrected chi connectivity index (χ2v) is 6.86. The molecule has 0 unspecified atom stereocenters. The minimum Gasteiger partial charge on any atom is -0.496 e.